The number of nitrogens with one attached hydrogen (secondary N) is 1. The van der Waals surface area contributed by atoms with E-state index in [1.54, 1.807) is 0 Å². The third kappa shape index (κ3) is 2.20. The van der Waals surface area contributed by atoms with Gasteiger partial charge < -0.3 is 9.55 Å². The molecule has 2 aromatic heterocycles. The summed E-state index contributed by atoms with van der Waals surface area (Å²) >= 11 is 0. The predicted octanol–water partition coefficient (Wildman–Crippen LogP) is 8.72. The lowest BCUT2D eigenvalue weighted by Crippen LogP contribution is -1.92. The highest BCUT2D eigenvalue weighted by Crippen LogP contribution is 2.43. The van der Waals surface area contributed by atoms with Crippen molar-refractivity contribution in [1.29, 1.82) is 0 Å². The molecule has 8 rings (SSSR count). The summed E-state index contributed by atoms with van der Waals surface area (Å²) in [7, 11) is 0. The zero-order valence-electron chi connectivity index (χ0n) is 18.4. The van der Waals surface area contributed by atoms with Crippen LogP contribution in [-0.2, 0) is 0 Å². The third-order valence-electron chi connectivity index (χ3n) is 7.31. The van der Waals surface area contributed by atoms with Gasteiger partial charge in [-0.05, 0) is 40.4 Å². The quantitative estimate of drug-likeness (QED) is 0.250. The van der Waals surface area contributed by atoms with Crippen LogP contribution in [0.4, 0.5) is 0 Å². The van der Waals surface area contributed by atoms with Crippen LogP contribution in [0.3, 0.4) is 0 Å². The number of aromatic nitrogens is 2. The summed E-state index contributed by atoms with van der Waals surface area (Å²) in [6.07, 6.45) is 0. The molecule has 158 valence electrons. The van der Waals surface area contributed by atoms with Gasteiger partial charge in [-0.2, -0.15) is 0 Å². The van der Waals surface area contributed by atoms with Crippen LogP contribution in [0.1, 0.15) is 0 Å². The summed E-state index contributed by atoms with van der Waals surface area (Å²) < 4.78 is 2.38. The molecule has 2 heteroatoms. The van der Waals surface area contributed by atoms with E-state index in [-0.39, 0.29) is 0 Å². The van der Waals surface area contributed by atoms with E-state index in [1.165, 1.54) is 70.8 Å². The van der Waals surface area contributed by atoms with Gasteiger partial charge in [-0.1, -0.05) is 91.0 Å². The maximum absolute atomic E-state index is 3.90. The molecule has 0 fully saturated rings. The minimum absolute atomic E-state index is 1.18. The van der Waals surface area contributed by atoms with E-state index in [0.717, 1.165) is 0 Å². The number of hydrogen-bond donors (Lipinski definition) is 1. The number of fused-ring (bicyclic) bond motifs is 12. The number of hydrogen-bond acceptors (Lipinski definition) is 0. The fourth-order valence-electron chi connectivity index (χ4n) is 5.93. The molecule has 0 spiro atoms. The lowest BCUT2D eigenvalue weighted by Gasteiger charge is -2.07. The van der Waals surface area contributed by atoms with Crippen LogP contribution in [0, 0.1) is 0 Å². The minimum Gasteiger partial charge on any atom is -0.353 e. The Balaban J connectivity index is 1.66. The average Bonchev–Trinajstić information content (AvgIpc) is 3.46. The molecule has 0 aliphatic heterocycles. The molecule has 0 bridgehead atoms. The van der Waals surface area contributed by atoms with Gasteiger partial charge in [0.15, 0.2) is 0 Å². The first-order valence-corrected chi connectivity index (χ1v) is 11.7. The van der Waals surface area contributed by atoms with Crippen molar-refractivity contribution >= 4 is 65.2 Å². The number of rotatable bonds is 1. The molecule has 2 heterocycles. The van der Waals surface area contributed by atoms with Crippen LogP contribution in [-0.4, -0.2) is 9.55 Å². The van der Waals surface area contributed by atoms with E-state index >= 15 is 0 Å². The molecule has 1 N–H and O–H groups in total. The van der Waals surface area contributed by atoms with Crippen molar-refractivity contribution in [3.05, 3.63) is 115 Å². The van der Waals surface area contributed by atoms with Gasteiger partial charge in [-0.3, -0.25) is 0 Å². The van der Waals surface area contributed by atoms with Gasteiger partial charge in [-0.15, -0.1) is 0 Å². The van der Waals surface area contributed by atoms with E-state index in [0.29, 0.717) is 0 Å². The van der Waals surface area contributed by atoms with Gasteiger partial charge in [0, 0.05) is 32.6 Å². The fraction of sp³-hybridized carbons (Fsp3) is 0. The number of para-hydroxylation sites is 2. The highest BCUT2D eigenvalue weighted by molar-refractivity contribution is 6.35. The lowest BCUT2D eigenvalue weighted by atomic mass is 9.96. The number of benzene rings is 6. The molecule has 0 saturated heterocycles. The van der Waals surface area contributed by atoms with Gasteiger partial charge in [0.05, 0.1) is 22.1 Å². The van der Waals surface area contributed by atoms with Crippen molar-refractivity contribution in [3.8, 4) is 5.69 Å². The SMILES string of the molecule is c1ccc(-n2c3ccccc3c3c4[nH]c5c6ccccc6c6ccccc6c5c4ccc32)cc1. The van der Waals surface area contributed by atoms with Crippen LogP contribution in [0.2, 0.25) is 0 Å². The zero-order chi connectivity index (χ0) is 22.2. The maximum Gasteiger partial charge on any atom is 0.0567 e. The van der Waals surface area contributed by atoms with E-state index in [1.807, 2.05) is 0 Å². The standard InChI is InChI=1S/C32H20N2/c1-2-10-20(11-3-1)34-27-17-9-8-16-25(27)30-28(34)19-18-26-29-23-14-6-4-12-21(23)22-13-5-7-15-24(22)31(29)33-32(26)30/h1-19,33H. The average molecular weight is 433 g/mol. The monoisotopic (exact) mass is 432 g/mol. The topological polar surface area (TPSA) is 20.7 Å². The Labute approximate surface area is 195 Å². The smallest absolute Gasteiger partial charge is 0.0567 e. The van der Waals surface area contributed by atoms with Crippen LogP contribution < -0.4 is 0 Å². The molecule has 8 aromatic rings. The third-order valence-corrected chi connectivity index (χ3v) is 7.31. The molecule has 0 unspecified atom stereocenters. The predicted molar refractivity (Wildman–Crippen MR) is 145 cm³/mol. The van der Waals surface area contributed by atoms with Crippen molar-refractivity contribution in [2.24, 2.45) is 0 Å². The summed E-state index contributed by atoms with van der Waals surface area (Å²) in [5.74, 6) is 0. The summed E-state index contributed by atoms with van der Waals surface area (Å²) in [5.41, 5.74) is 6.05. The largest absolute Gasteiger partial charge is 0.353 e. The molecule has 34 heavy (non-hydrogen) atoms. The molecule has 0 amide bonds. The van der Waals surface area contributed by atoms with Crippen molar-refractivity contribution in [3.63, 3.8) is 0 Å². The second-order valence-corrected chi connectivity index (χ2v) is 9.04. The summed E-state index contributed by atoms with van der Waals surface area (Å²) in [6.45, 7) is 0. The van der Waals surface area contributed by atoms with Gasteiger partial charge in [0.2, 0.25) is 0 Å². The Kier molecular flexibility index (Phi) is 3.42. The maximum atomic E-state index is 3.90. The Morgan fingerprint density at radius 1 is 0.382 bits per heavy atom. The number of H-pyrrole nitrogens is 1. The molecule has 0 aliphatic rings. The number of nitrogens with zero attached hydrogens (tertiary/aromatic N) is 1. The van der Waals surface area contributed by atoms with E-state index in [9.17, 15) is 0 Å². The first-order valence-electron chi connectivity index (χ1n) is 11.7. The molecule has 0 radical (unpaired) electrons. The van der Waals surface area contributed by atoms with Gasteiger partial charge in [0.1, 0.15) is 0 Å². The van der Waals surface area contributed by atoms with Crippen LogP contribution in [0.5, 0.6) is 0 Å². The fourth-order valence-corrected chi connectivity index (χ4v) is 5.93. The van der Waals surface area contributed by atoms with E-state index in [4.69, 9.17) is 0 Å². The minimum atomic E-state index is 1.18. The van der Waals surface area contributed by atoms with E-state index in [2.05, 4.69) is 125 Å². The highest BCUT2D eigenvalue weighted by Gasteiger charge is 2.19. The molecule has 0 aliphatic carbocycles. The first-order chi connectivity index (χ1) is 16.9. The summed E-state index contributed by atoms with van der Waals surface area (Å²) in [4.78, 5) is 3.90. The molecule has 0 saturated carbocycles. The molecule has 2 nitrogen and oxygen atoms in total. The van der Waals surface area contributed by atoms with E-state index < -0.39 is 0 Å². The van der Waals surface area contributed by atoms with Crippen molar-refractivity contribution in [1.82, 2.24) is 9.55 Å². The van der Waals surface area contributed by atoms with Crippen molar-refractivity contribution in [2.45, 2.75) is 0 Å². The van der Waals surface area contributed by atoms with Crippen LogP contribution in [0.15, 0.2) is 115 Å². The Bertz CT molecular complexity index is 2060. The van der Waals surface area contributed by atoms with Gasteiger partial charge in [0.25, 0.3) is 0 Å². The Morgan fingerprint density at radius 3 is 1.76 bits per heavy atom. The zero-order valence-corrected chi connectivity index (χ0v) is 18.4. The summed E-state index contributed by atoms with van der Waals surface area (Å²) in [6, 6.07) is 41.5. The lowest BCUT2D eigenvalue weighted by molar-refractivity contribution is 1.18. The first kappa shape index (κ1) is 17.9. The van der Waals surface area contributed by atoms with Crippen LogP contribution in [0.25, 0.3) is 70.8 Å². The Morgan fingerprint density at radius 2 is 0.971 bits per heavy atom. The molecule has 0 atom stereocenters. The van der Waals surface area contributed by atoms with Gasteiger partial charge >= 0.3 is 0 Å². The Hall–Kier alpha value is -4.56. The van der Waals surface area contributed by atoms with Gasteiger partial charge in [-0.25, -0.2) is 0 Å². The number of aromatic amines is 1. The normalized spacial score (nSPS) is 12.1. The molecular weight excluding hydrogens is 412 g/mol. The van der Waals surface area contributed by atoms with Crippen molar-refractivity contribution < 1.29 is 0 Å². The molecule has 6 aromatic carbocycles. The summed E-state index contributed by atoms with van der Waals surface area (Å²) in [5, 5.41) is 10.3. The highest BCUT2D eigenvalue weighted by atomic mass is 15.0. The van der Waals surface area contributed by atoms with Crippen molar-refractivity contribution in [2.75, 3.05) is 0 Å². The van der Waals surface area contributed by atoms with Crippen LogP contribution >= 0.6 is 0 Å². The second kappa shape index (κ2) is 6.49. The molecular formula is C32H20N2. The second-order valence-electron chi connectivity index (χ2n) is 9.04.